The topological polar surface area (TPSA) is 96.7 Å². The smallest absolute Gasteiger partial charge is 0.338 e. The predicted octanol–water partition coefficient (Wildman–Crippen LogP) is 1.44. The van der Waals surface area contributed by atoms with Gasteiger partial charge in [0, 0.05) is 10.8 Å². The van der Waals surface area contributed by atoms with Crippen molar-refractivity contribution in [2.75, 3.05) is 6.54 Å². The molecule has 1 aromatic heterocycles. The number of rotatable bonds is 2. The van der Waals surface area contributed by atoms with Gasteiger partial charge in [0.25, 0.3) is 0 Å². The Balaban J connectivity index is 2.20. The maximum absolute atomic E-state index is 12.4. The van der Waals surface area contributed by atoms with Gasteiger partial charge in [-0.2, -0.15) is 8.42 Å². The molecule has 0 radical (unpaired) electrons. The zero-order valence-corrected chi connectivity index (χ0v) is 12.2. The molecule has 0 saturated carbocycles. The van der Waals surface area contributed by atoms with Gasteiger partial charge in [0.1, 0.15) is 6.54 Å². The van der Waals surface area contributed by atoms with E-state index in [1.807, 2.05) is 5.32 Å². The minimum atomic E-state index is -4.22. The van der Waals surface area contributed by atoms with Crippen molar-refractivity contribution in [1.29, 1.82) is 0 Å². The SMILES string of the molecule is O=C1CN(S(=O)(=O)c2oc(Br)c3ccccc23)C(=O)N1. The second kappa shape index (κ2) is 4.32. The van der Waals surface area contributed by atoms with Crippen LogP contribution in [0.4, 0.5) is 4.79 Å². The number of carbonyl (C=O) groups excluding carboxylic acids is 2. The molecule has 1 saturated heterocycles. The number of amides is 3. The number of furan rings is 1. The Morgan fingerprint density at radius 2 is 1.85 bits per heavy atom. The van der Waals surface area contributed by atoms with Crippen LogP contribution in [0.15, 0.2) is 38.4 Å². The molecule has 9 heteroatoms. The Morgan fingerprint density at radius 3 is 2.45 bits per heavy atom. The van der Waals surface area contributed by atoms with Gasteiger partial charge >= 0.3 is 16.1 Å². The number of nitrogens with one attached hydrogen (secondary N) is 1. The van der Waals surface area contributed by atoms with E-state index in [0.29, 0.717) is 15.1 Å². The van der Waals surface area contributed by atoms with Crippen LogP contribution in [-0.4, -0.2) is 31.2 Å². The van der Waals surface area contributed by atoms with Gasteiger partial charge in [-0.15, -0.1) is 0 Å². The molecule has 0 unspecified atom stereocenters. The van der Waals surface area contributed by atoms with Crippen molar-refractivity contribution in [1.82, 2.24) is 9.62 Å². The molecule has 0 aliphatic carbocycles. The van der Waals surface area contributed by atoms with Gasteiger partial charge in [-0.05, 0) is 28.1 Å². The number of carbonyl (C=O) groups is 2. The van der Waals surface area contributed by atoms with Crippen molar-refractivity contribution in [3.8, 4) is 0 Å². The fraction of sp³-hybridized carbons (Fsp3) is 0.0909. The molecule has 3 amide bonds. The molecular weight excluding hydrogens is 352 g/mol. The van der Waals surface area contributed by atoms with Gasteiger partial charge < -0.3 is 4.42 Å². The third-order valence-corrected chi connectivity index (χ3v) is 5.06. The zero-order chi connectivity index (χ0) is 14.5. The summed E-state index contributed by atoms with van der Waals surface area (Å²) in [5.41, 5.74) is 0. The number of nitrogens with zero attached hydrogens (tertiary/aromatic N) is 1. The first-order valence-electron chi connectivity index (χ1n) is 5.45. The van der Waals surface area contributed by atoms with E-state index in [0.717, 1.165) is 0 Å². The monoisotopic (exact) mass is 358 g/mol. The Morgan fingerprint density at radius 1 is 1.20 bits per heavy atom. The highest BCUT2D eigenvalue weighted by Crippen LogP contribution is 2.34. The number of benzene rings is 1. The van der Waals surface area contributed by atoms with Gasteiger partial charge in [-0.25, -0.2) is 9.10 Å². The van der Waals surface area contributed by atoms with Crippen LogP contribution in [0.2, 0.25) is 0 Å². The molecule has 2 aromatic rings. The summed E-state index contributed by atoms with van der Waals surface area (Å²) in [5, 5.41) is 2.45. The van der Waals surface area contributed by atoms with Crippen LogP contribution in [0.5, 0.6) is 0 Å². The van der Waals surface area contributed by atoms with Crippen LogP contribution in [-0.2, 0) is 14.8 Å². The normalized spacial score (nSPS) is 15.9. The van der Waals surface area contributed by atoms with Gasteiger partial charge in [0.15, 0.2) is 4.67 Å². The van der Waals surface area contributed by atoms with E-state index in [9.17, 15) is 18.0 Å². The lowest BCUT2D eigenvalue weighted by Crippen LogP contribution is -2.34. The maximum Gasteiger partial charge on any atom is 0.338 e. The first-order valence-corrected chi connectivity index (χ1v) is 7.68. The van der Waals surface area contributed by atoms with Gasteiger partial charge in [-0.1, -0.05) is 12.1 Å². The molecule has 104 valence electrons. The maximum atomic E-state index is 12.4. The first kappa shape index (κ1) is 13.1. The third-order valence-electron chi connectivity index (χ3n) is 2.83. The van der Waals surface area contributed by atoms with Gasteiger partial charge in [0.05, 0.1) is 0 Å². The van der Waals surface area contributed by atoms with E-state index in [2.05, 4.69) is 15.9 Å². The zero-order valence-electron chi connectivity index (χ0n) is 9.79. The lowest BCUT2D eigenvalue weighted by Gasteiger charge is -2.11. The minimum absolute atomic E-state index is 0.248. The van der Waals surface area contributed by atoms with Crippen molar-refractivity contribution in [2.45, 2.75) is 5.09 Å². The van der Waals surface area contributed by atoms with E-state index < -0.39 is 28.5 Å². The number of fused-ring (bicyclic) bond motifs is 1. The van der Waals surface area contributed by atoms with Crippen LogP contribution < -0.4 is 5.32 Å². The highest BCUT2D eigenvalue weighted by Gasteiger charge is 2.40. The summed E-state index contributed by atoms with van der Waals surface area (Å²) in [6.45, 7) is -0.548. The summed E-state index contributed by atoms with van der Waals surface area (Å²) in [6.07, 6.45) is 0. The Hall–Kier alpha value is -1.87. The number of urea groups is 1. The molecule has 3 rings (SSSR count). The first-order chi connectivity index (χ1) is 9.41. The summed E-state index contributed by atoms with van der Waals surface area (Å²) in [6, 6.07) is 5.64. The van der Waals surface area contributed by atoms with Crippen LogP contribution >= 0.6 is 15.9 Å². The van der Waals surface area contributed by atoms with Crippen LogP contribution in [0, 0.1) is 0 Å². The van der Waals surface area contributed by atoms with Crippen molar-refractivity contribution < 1.29 is 22.4 Å². The summed E-state index contributed by atoms with van der Waals surface area (Å²) >= 11 is 3.13. The number of sulfonamides is 1. The fourth-order valence-electron chi connectivity index (χ4n) is 1.93. The van der Waals surface area contributed by atoms with E-state index in [-0.39, 0.29) is 9.76 Å². The highest BCUT2D eigenvalue weighted by molar-refractivity contribution is 9.10. The summed E-state index contributed by atoms with van der Waals surface area (Å²) in [5.74, 6) is -0.673. The lowest BCUT2D eigenvalue weighted by molar-refractivity contribution is -0.118. The van der Waals surface area contributed by atoms with Gasteiger partial charge in [0.2, 0.25) is 11.0 Å². The van der Waals surface area contributed by atoms with Crippen molar-refractivity contribution in [3.63, 3.8) is 0 Å². The molecular formula is C11H7BrN2O5S. The fourth-order valence-corrected chi connectivity index (χ4v) is 3.94. The lowest BCUT2D eigenvalue weighted by atomic mass is 10.2. The standard InChI is InChI=1S/C11H7BrN2O5S/c12-9-6-3-1-2-4-7(6)10(19-9)20(17,18)14-5-8(15)13-11(14)16/h1-4H,5H2,(H,13,15,16). The van der Waals surface area contributed by atoms with E-state index in [1.165, 1.54) is 0 Å². The Kier molecular flexibility index (Phi) is 2.83. The predicted molar refractivity (Wildman–Crippen MR) is 71.3 cm³/mol. The number of hydrogen-bond acceptors (Lipinski definition) is 5. The average molecular weight is 359 g/mol. The van der Waals surface area contributed by atoms with E-state index in [4.69, 9.17) is 4.42 Å². The number of hydrogen-bond donors (Lipinski definition) is 1. The summed E-state index contributed by atoms with van der Waals surface area (Å²) in [7, 11) is -4.22. The van der Waals surface area contributed by atoms with E-state index in [1.54, 1.807) is 24.3 Å². The van der Waals surface area contributed by atoms with Crippen LogP contribution in [0.1, 0.15) is 0 Å². The van der Waals surface area contributed by atoms with E-state index >= 15 is 0 Å². The number of imide groups is 1. The molecule has 1 fully saturated rings. The molecule has 1 aliphatic heterocycles. The molecule has 2 heterocycles. The highest BCUT2D eigenvalue weighted by atomic mass is 79.9. The van der Waals surface area contributed by atoms with Crippen molar-refractivity contribution in [3.05, 3.63) is 28.9 Å². The molecule has 0 bridgehead atoms. The average Bonchev–Trinajstić information content (AvgIpc) is 2.91. The molecule has 1 N–H and O–H groups in total. The van der Waals surface area contributed by atoms with Crippen LogP contribution in [0.25, 0.3) is 10.8 Å². The Bertz CT molecular complexity index is 842. The summed E-state index contributed by atoms with van der Waals surface area (Å²) in [4.78, 5) is 22.6. The molecule has 1 aliphatic rings. The molecule has 1 aromatic carbocycles. The molecule has 0 atom stereocenters. The second-order valence-electron chi connectivity index (χ2n) is 4.07. The second-order valence-corrected chi connectivity index (χ2v) is 6.56. The third kappa shape index (κ3) is 1.81. The van der Waals surface area contributed by atoms with Crippen molar-refractivity contribution >= 4 is 48.7 Å². The largest absolute Gasteiger partial charge is 0.435 e. The number of halogens is 1. The Labute approximate surface area is 121 Å². The molecule has 7 nitrogen and oxygen atoms in total. The summed E-state index contributed by atoms with van der Waals surface area (Å²) < 4.78 is 30.8. The van der Waals surface area contributed by atoms with Gasteiger partial charge in [-0.3, -0.25) is 10.1 Å². The quantitative estimate of drug-likeness (QED) is 0.819. The molecule has 20 heavy (non-hydrogen) atoms. The van der Waals surface area contributed by atoms with Crippen LogP contribution in [0.3, 0.4) is 0 Å². The van der Waals surface area contributed by atoms with Crippen molar-refractivity contribution in [2.24, 2.45) is 0 Å². The minimum Gasteiger partial charge on any atom is -0.435 e. The molecule has 0 spiro atoms.